The SMILES string of the molecule is COc1cc2cc(c1)-c1cnn3ccc(nc13)OCC(C[C@H](C=O)OCC1CCO1)N(C)CCN2. The van der Waals surface area contributed by atoms with Crippen molar-refractivity contribution in [2.45, 2.75) is 31.1 Å². The molecule has 186 valence electrons. The van der Waals surface area contributed by atoms with Crippen molar-refractivity contribution < 1.29 is 23.7 Å². The van der Waals surface area contributed by atoms with E-state index in [2.05, 4.69) is 21.4 Å². The van der Waals surface area contributed by atoms with Gasteiger partial charge in [0.15, 0.2) is 5.65 Å². The smallest absolute Gasteiger partial charge is 0.216 e. The minimum absolute atomic E-state index is 0.0551. The summed E-state index contributed by atoms with van der Waals surface area (Å²) in [4.78, 5) is 18.7. The van der Waals surface area contributed by atoms with E-state index in [0.29, 0.717) is 37.7 Å². The number of fused-ring (bicyclic) bond motifs is 4. The number of benzene rings is 1. The number of carbonyl (C=O) groups excluding carboxylic acids is 1. The summed E-state index contributed by atoms with van der Waals surface area (Å²) in [6.45, 7) is 3.01. The number of nitrogens with zero attached hydrogens (tertiary/aromatic N) is 4. The monoisotopic (exact) mass is 481 g/mol. The molecule has 4 heterocycles. The lowest BCUT2D eigenvalue weighted by Crippen LogP contribution is -2.43. The molecule has 1 saturated heterocycles. The van der Waals surface area contributed by atoms with Crippen LogP contribution in [0.1, 0.15) is 12.8 Å². The van der Waals surface area contributed by atoms with Crippen LogP contribution >= 0.6 is 0 Å². The zero-order valence-electron chi connectivity index (χ0n) is 20.1. The summed E-state index contributed by atoms with van der Waals surface area (Å²) in [7, 11) is 3.68. The van der Waals surface area contributed by atoms with Crippen molar-refractivity contribution in [3.8, 4) is 22.8 Å². The minimum Gasteiger partial charge on any atom is -0.497 e. The first-order valence-corrected chi connectivity index (χ1v) is 11.9. The van der Waals surface area contributed by atoms with Crippen molar-refractivity contribution in [3.63, 3.8) is 0 Å². The first-order valence-electron chi connectivity index (χ1n) is 11.9. The number of rotatable bonds is 7. The number of likely N-dealkylation sites (N-methyl/N-ethyl adjacent to an activating group) is 1. The number of aldehydes is 1. The van der Waals surface area contributed by atoms with Crippen LogP contribution in [0.2, 0.25) is 0 Å². The highest BCUT2D eigenvalue weighted by Gasteiger charge is 2.25. The Bertz CT molecular complexity index is 1160. The minimum atomic E-state index is -0.528. The fourth-order valence-electron chi connectivity index (χ4n) is 4.30. The van der Waals surface area contributed by atoms with E-state index < -0.39 is 6.10 Å². The summed E-state index contributed by atoms with van der Waals surface area (Å²) in [5.74, 6) is 1.25. The van der Waals surface area contributed by atoms with Gasteiger partial charge in [0, 0.05) is 55.3 Å². The van der Waals surface area contributed by atoms with Gasteiger partial charge in [-0.05, 0) is 37.6 Å². The van der Waals surface area contributed by atoms with E-state index in [9.17, 15) is 4.79 Å². The van der Waals surface area contributed by atoms with Crippen molar-refractivity contribution in [3.05, 3.63) is 36.7 Å². The third-order valence-corrected chi connectivity index (χ3v) is 6.58. The molecule has 35 heavy (non-hydrogen) atoms. The van der Waals surface area contributed by atoms with Gasteiger partial charge in [0.1, 0.15) is 24.7 Å². The highest BCUT2D eigenvalue weighted by molar-refractivity contribution is 5.80. The quantitative estimate of drug-likeness (QED) is 0.510. The predicted molar refractivity (Wildman–Crippen MR) is 130 cm³/mol. The van der Waals surface area contributed by atoms with Crippen LogP contribution in [0.5, 0.6) is 11.6 Å². The summed E-state index contributed by atoms with van der Waals surface area (Å²) in [6, 6.07) is 7.75. The molecule has 1 N–H and O–H groups in total. The van der Waals surface area contributed by atoms with Crippen molar-refractivity contribution in [1.82, 2.24) is 19.5 Å². The number of nitrogens with one attached hydrogen (secondary N) is 1. The fraction of sp³-hybridized carbons (Fsp3) is 0.480. The zero-order chi connectivity index (χ0) is 24.2. The third kappa shape index (κ3) is 5.39. The fourth-order valence-corrected chi connectivity index (χ4v) is 4.30. The number of aromatic nitrogens is 3. The molecule has 4 bridgehead atoms. The number of carbonyl (C=O) groups is 1. The number of methoxy groups -OCH3 is 1. The van der Waals surface area contributed by atoms with Gasteiger partial charge in [-0.1, -0.05) is 0 Å². The largest absolute Gasteiger partial charge is 0.497 e. The third-order valence-electron chi connectivity index (χ3n) is 6.58. The lowest BCUT2D eigenvalue weighted by molar-refractivity contribution is -0.132. The normalized spacial score (nSPS) is 21.4. The van der Waals surface area contributed by atoms with E-state index in [0.717, 1.165) is 48.4 Å². The van der Waals surface area contributed by atoms with Crippen molar-refractivity contribution >= 4 is 17.6 Å². The molecule has 10 nitrogen and oxygen atoms in total. The Balaban J connectivity index is 1.41. The summed E-state index contributed by atoms with van der Waals surface area (Å²) >= 11 is 0. The molecule has 0 spiro atoms. The summed E-state index contributed by atoms with van der Waals surface area (Å²) in [5.41, 5.74) is 3.48. The maximum atomic E-state index is 11.8. The van der Waals surface area contributed by atoms with Crippen LogP contribution in [0.3, 0.4) is 0 Å². The van der Waals surface area contributed by atoms with E-state index in [1.54, 1.807) is 23.9 Å². The average Bonchev–Trinajstić information content (AvgIpc) is 3.27. The topological polar surface area (TPSA) is 99.5 Å². The molecule has 3 aromatic rings. The van der Waals surface area contributed by atoms with E-state index in [-0.39, 0.29) is 12.1 Å². The molecule has 2 aliphatic heterocycles. The zero-order valence-corrected chi connectivity index (χ0v) is 20.1. The van der Waals surface area contributed by atoms with Crippen LogP contribution in [-0.4, -0.2) is 91.1 Å². The molecule has 0 amide bonds. The molecule has 1 aromatic carbocycles. The van der Waals surface area contributed by atoms with Crippen molar-refractivity contribution in [2.75, 3.05) is 52.4 Å². The maximum absolute atomic E-state index is 11.8. The molecule has 1 fully saturated rings. The van der Waals surface area contributed by atoms with Gasteiger partial charge in [-0.25, -0.2) is 4.52 Å². The summed E-state index contributed by atoms with van der Waals surface area (Å²) in [5, 5.41) is 7.94. The van der Waals surface area contributed by atoms with Gasteiger partial charge < -0.3 is 29.1 Å². The number of hydrogen-bond donors (Lipinski definition) is 1. The summed E-state index contributed by atoms with van der Waals surface area (Å²) in [6.07, 6.45) is 5.55. The predicted octanol–water partition coefficient (Wildman–Crippen LogP) is 2.27. The number of ether oxygens (including phenoxy) is 4. The molecule has 0 saturated carbocycles. The Hall–Kier alpha value is -3.21. The van der Waals surface area contributed by atoms with Gasteiger partial charge in [-0.2, -0.15) is 10.1 Å². The van der Waals surface area contributed by atoms with Crippen LogP contribution in [-0.2, 0) is 14.3 Å². The van der Waals surface area contributed by atoms with Gasteiger partial charge in [0.05, 0.1) is 26.0 Å². The lowest BCUT2D eigenvalue weighted by Gasteiger charge is -2.31. The number of hydrogen-bond acceptors (Lipinski definition) is 9. The molecule has 0 radical (unpaired) electrons. The van der Waals surface area contributed by atoms with Gasteiger partial charge in [0.25, 0.3) is 0 Å². The van der Waals surface area contributed by atoms with Gasteiger partial charge >= 0.3 is 0 Å². The molecule has 2 unspecified atom stereocenters. The molecule has 10 heteroatoms. The van der Waals surface area contributed by atoms with E-state index in [1.165, 1.54) is 0 Å². The van der Waals surface area contributed by atoms with Gasteiger partial charge in [0.2, 0.25) is 5.88 Å². The van der Waals surface area contributed by atoms with Crippen LogP contribution in [0.15, 0.2) is 36.7 Å². The van der Waals surface area contributed by atoms with Crippen LogP contribution in [0.25, 0.3) is 16.8 Å². The Labute approximate surface area is 204 Å². The van der Waals surface area contributed by atoms with Gasteiger partial charge in [-0.15, -0.1) is 0 Å². The Morgan fingerprint density at radius 2 is 2.23 bits per heavy atom. The molecule has 3 atom stereocenters. The van der Waals surface area contributed by atoms with E-state index in [1.807, 2.05) is 25.4 Å². The van der Waals surface area contributed by atoms with Crippen LogP contribution < -0.4 is 14.8 Å². The van der Waals surface area contributed by atoms with Crippen LogP contribution in [0.4, 0.5) is 5.69 Å². The molecule has 2 aromatic heterocycles. The Morgan fingerprint density at radius 3 is 3.00 bits per heavy atom. The molecule has 5 rings (SSSR count). The lowest BCUT2D eigenvalue weighted by atomic mass is 10.1. The van der Waals surface area contributed by atoms with E-state index >= 15 is 0 Å². The maximum Gasteiger partial charge on any atom is 0.216 e. The van der Waals surface area contributed by atoms with Crippen molar-refractivity contribution in [1.29, 1.82) is 0 Å². The molecule has 0 aliphatic carbocycles. The highest BCUT2D eigenvalue weighted by Crippen LogP contribution is 2.31. The van der Waals surface area contributed by atoms with E-state index in [4.69, 9.17) is 23.9 Å². The Morgan fingerprint density at radius 1 is 1.34 bits per heavy atom. The van der Waals surface area contributed by atoms with Crippen LogP contribution in [0, 0.1) is 0 Å². The second kappa shape index (κ2) is 10.6. The highest BCUT2D eigenvalue weighted by atomic mass is 16.6. The second-order valence-corrected chi connectivity index (χ2v) is 8.94. The second-order valence-electron chi connectivity index (χ2n) is 8.94. The average molecular weight is 482 g/mol. The summed E-state index contributed by atoms with van der Waals surface area (Å²) < 4.78 is 24.7. The first-order chi connectivity index (χ1) is 17.1. The standard InChI is InChI=1S/C25H31N5O5/c1-29-7-5-26-18-9-17(10-21(11-18)32-2)23-13-27-30-6-3-24(28-25(23)30)35-15-19(29)12-22(14-31)34-16-20-4-8-33-20/h3,6,9-11,13-14,19-20,22,26H,4-5,7-8,12,15-16H2,1-2H3/t19?,20?,22-/m1/s1. The van der Waals surface area contributed by atoms with Crippen molar-refractivity contribution in [2.24, 2.45) is 0 Å². The first kappa shape index (κ1) is 23.5. The molecular weight excluding hydrogens is 450 g/mol. The Kier molecular flexibility index (Phi) is 7.12. The molecular formula is C25H31N5O5. The van der Waals surface area contributed by atoms with Gasteiger partial charge in [-0.3, -0.25) is 4.90 Å². The number of anilines is 1. The molecule has 2 aliphatic rings.